The quantitative estimate of drug-likeness (QED) is 0.833. The zero-order valence-corrected chi connectivity index (χ0v) is 17.3. The van der Waals surface area contributed by atoms with Gasteiger partial charge in [0.15, 0.2) is 0 Å². The summed E-state index contributed by atoms with van der Waals surface area (Å²) in [6.45, 7) is 13.4. The molecule has 0 aliphatic carbocycles. The number of amides is 1. The first-order valence-corrected chi connectivity index (χ1v) is 9.66. The highest BCUT2D eigenvalue weighted by molar-refractivity contribution is 5.77. The molecular weight excluding hydrogens is 342 g/mol. The summed E-state index contributed by atoms with van der Waals surface area (Å²) in [5.74, 6) is 1.81. The van der Waals surface area contributed by atoms with E-state index < -0.39 is 5.60 Å². The van der Waals surface area contributed by atoms with Crippen LogP contribution in [0.3, 0.4) is 0 Å². The van der Waals surface area contributed by atoms with Gasteiger partial charge in [0.25, 0.3) is 0 Å². The van der Waals surface area contributed by atoms with Gasteiger partial charge in [-0.3, -0.25) is 0 Å². The van der Waals surface area contributed by atoms with Crippen molar-refractivity contribution in [2.45, 2.75) is 71.5 Å². The Hall–Kier alpha value is -2.24. The van der Waals surface area contributed by atoms with Crippen molar-refractivity contribution in [3.8, 4) is 5.75 Å². The van der Waals surface area contributed by atoms with Gasteiger partial charge in [0.1, 0.15) is 23.3 Å². The second-order valence-corrected chi connectivity index (χ2v) is 9.30. The number of likely N-dealkylation sites (tertiary alicyclic amines) is 1. The molecule has 1 fully saturated rings. The minimum absolute atomic E-state index is 0.0193. The van der Waals surface area contributed by atoms with E-state index in [1.807, 2.05) is 39.0 Å². The highest BCUT2D eigenvalue weighted by atomic mass is 16.6. The molecule has 2 aromatic rings. The molecule has 1 aliphatic heterocycles. The highest BCUT2D eigenvalue weighted by Crippen LogP contribution is 2.27. The predicted octanol–water partition coefficient (Wildman–Crippen LogP) is 4.64. The van der Waals surface area contributed by atoms with E-state index in [0.29, 0.717) is 13.1 Å². The summed E-state index contributed by atoms with van der Waals surface area (Å²) in [6.07, 6.45) is 1.46. The number of imidazole rings is 1. The molecule has 27 heavy (non-hydrogen) atoms. The lowest BCUT2D eigenvalue weighted by Gasteiger charge is -2.33. The van der Waals surface area contributed by atoms with E-state index in [0.717, 1.165) is 35.4 Å². The molecule has 1 aromatic carbocycles. The van der Waals surface area contributed by atoms with Crippen LogP contribution in [0.4, 0.5) is 4.79 Å². The molecule has 0 atom stereocenters. The van der Waals surface area contributed by atoms with Gasteiger partial charge < -0.3 is 19.4 Å². The third kappa shape index (κ3) is 4.93. The van der Waals surface area contributed by atoms with Gasteiger partial charge in [0.2, 0.25) is 0 Å². The molecule has 6 nitrogen and oxygen atoms in total. The summed E-state index contributed by atoms with van der Waals surface area (Å²) in [4.78, 5) is 22.0. The monoisotopic (exact) mass is 373 g/mol. The van der Waals surface area contributed by atoms with Gasteiger partial charge in [-0.15, -0.1) is 0 Å². The van der Waals surface area contributed by atoms with Crippen molar-refractivity contribution in [3.05, 3.63) is 24.0 Å². The van der Waals surface area contributed by atoms with Gasteiger partial charge in [-0.05, 0) is 32.9 Å². The number of fused-ring (bicyclic) bond motifs is 1. The van der Waals surface area contributed by atoms with Crippen LogP contribution >= 0.6 is 0 Å². The lowest BCUT2D eigenvalue weighted by atomic mass is 9.96. The molecule has 1 aromatic heterocycles. The molecule has 0 saturated carbocycles. The number of benzene rings is 1. The van der Waals surface area contributed by atoms with E-state index in [1.165, 1.54) is 0 Å². The fraction of sp³-hybridized carbons (Fsp3) is 0.619. The number of hydrogen-bond donors (Lipinski definition) is 1. The summed E-state index contributed by atoms with van der Waals surface area (Å²) in [5.41, 5.74) is 1.46. The number of H-pyrrole nitrogens is 1. The van der Waals surface area contributed by atoms with Crippen LogP contribution in [0.25, 0.3) is 11.0 Å². The molecule has 1 aliphatic rings. The molecule has 3 rings (SSSR count). The first kappa shape index (κ1) is 19.5. The number of nitrogens with one attached hydrogen (secondary N) is 1. The Morgan fingerprint density at radius 2 is 1.81 bits per heavy atom. The lowest BCUT2D eigenvalue weighted by molar-refractivity contribution is 0.0127. The van der Waals surface area contributed by atoms with E-state index in [-0.39, 0.29) is 17.6 Å². The standard InChI is InChI=1S/C21H31N3O3/c1-20(2,3)18-22-16-8-7-15(13-17(16)23-18)26-14-9-11-24(12-10-14)19(25)27-21(4,5)6/h7-8,13-14H,9-12H2,1-6H3,(H,22,23). The van der Waals surface area contributed by atoms with Gasteiger partial charge in [-0.1, -0.05) is 20.8 Å². The van der Waals surface area contributed by atoms with E-state index in [9.17, 15) is 4.79 Å². The second-order valence-electron chi connectivity index (χ2n) is 9.30. The van der Waals surface area contributed by atoms with Gasteiger partial charge in [-0.25, -0.2) is 9.78 Å². The van der Waals surface area contributed by atoms with E-state index >= 15 is 0 Å². The SMILES string of the molecule is CC(C)(C)OC(=O)N1CCC(Oc2ccc3nc(C(C)(C)C)[nH]c3c2)CC1. The average Bonchev–Trinajstić information content (AvgIpc) is 2.97. The number of carbonyl (C=O) groups is 1. The molecule has 6 heteroatoms. The van der Waals surface area contributed by atoms with E-state index in [1.54, 1.807) is 4.90 Å². The Balaban J connectivity index is 1.59. The third-order valence-corrected chi connectivity index (χ3v) is 4.56. The fourth-order valence-electron chi connectivity index (χ4n) is 3.09. The zero-order valence-electron chi connectivity index (χ0n) is 17.3. The van der Waals surface area contributed by atoms with Crippen LogP contribution in [0, 0.1) is 0 Å². The average molecular weight is 373 g/mol. The number of aromatic amines is 1. The Labute approximate surface area is 161 Å². The lowest BCUT2D eigenvalue weighted by Crippen LogP contribution is -2.44. The van der Waals surface area contributed by atoms with Crippen LogP contribution in [-0.2, 0) is 10.2 Å². The number of hydrogen-bond acceptors (Lipinski definition) is 4. The Bertz CT molecular complexity index is 806. The largest absolute Gasteiger partial charge is 0.490 e. The van der Waals surface area contributed by atoms with Crippen LogP contribution < -0.4 is 4.74 Å². The maximum atomic E-state index is 12.2. The summed E-state index contributed by atoms with van der Waals surface area (Å²) >= 11 is 0. The first-order valence-electron chi connectivity index (χ1n) is 9.66. The van der Waals surface area contributed by atoms with Crippen LogP contribution in [0.5, 0.6) is 5.75 Å². The minimum atomic E-state index is -0.462. The van der Waals surface area contributed by atoms with Crippen molar-refractivity contribution in [1.29, 1.82) is 0 Å². The van der Waals surface area contributed by atoms with Crippen LogP contribution in [0.15, 0.2) is 18.2 Å². The molecule has 0 bridgehead atoms. The maximum absolute atomic E-state index is 12.2. The van der Waals surface area contributed by atoms with Crippen molar-refractivity contribution in [2.24, 2.45) is 0 Å². The first-order chi connectivity index (χ1) is 12.5. The van der Waals surface area contributed by atoms with Crippen LogP contribution in [0.2, 0.25) is 0 Å². The van der Waals surface area contributed by atoms with Crippen molar-refractivity contribution in [2.75, 3.05) is 13.1 Å². The fourth-order valence-corrected chi connectivity index (χ4v) is 3.09. The van der Waals surface area contributed by atoms with Crippen molar-refractivity contribution >= 4 is 17.1 Å². The summed E-state index contributed by atoms with van der Waals surface area (Å²) in [7, 11) is 0. The molecule has 0 spiro atoms. The number of ether oxygens (including phenoxy) is 2. The molecule has 2 heterocycles. The van der Waals surface area contributed by atoms with Gasteiger partial charge in [-0.2, -0.15) is 0 Å². The van der Waals surface area contributed by atoms with Gasteiger partial charge >= 0.3 is 6.09 Å². The topological polar surface area (TPSA) is 67.4 Å². The number of rotatable bonds is 2. The molecule has 1 amide bonds. The molecule has 0 radical (unpaired) electrons. The molecule has 0 unspecified atom stereocenters. The van der Waals surface area contributed by atoms with Crippen LogP contribution in [0.1, 0.15) is 60.2 Å². The number of nitrogens with zero attached hydrogens (tertiary/aromatic N) is 2. The molecule has 1 N–H and O–H groups in total. The Morgan fingerprint density at radius 3 is 2.41 bits per heavy atom. The van der Waals surface area contributed by atoms with Gasteiger partial charge in [0.05, 0.1) is 11.0 Å². The van der Waals surface area contributed by atoms with E-state index in [2.05, 4.69) is 30.7 Å². The Morgan fingerprint density at radius 1 is 1.15 bits per heavy atom. The van der Waals surface area contributed by atoms with Crippen molar-refractivity contribution in [1.82, 2.24) is 14.9 Å². The number of carbonyl (C=O) groups excluding carboxylic acids is 1. The highest BCUT2D eigenvalue weighted by Gasteiger charge is 2.27. The van der Waals surface area contributed by atoms with Crippen molar-refractivity contribution < 1.29 is 14.3 Å². The molecular formula is C21H31N3O3. The minimum Gasteiger partial charge on any atom is -0.490 e. The van der Waals surface area contributed by atoms with Crippen LogP contribution in [-0.4, -0.2) is 45.8 Å². The zero-order chi connectivity index (χ0) is 19.8. The summed E-state index contributed by atoms with van der Waals surface area (Å²) in [6, 6.07) is 5.97. The Kier molecular flexibility index (Phi) is 5.10. The number of piperidine rings is 1. The smallest absolute Gasteiger partial charge is 0.410 e. The number of aromatic nitrogens is 2. The third-order valence-electron chi connectivity index (χ3n) is 4.56. The molecule has 1 saturated heterocycles. The van der Waals surface area contributed by atoms with Gasteiger partial charge in [0, 0.05) is 37.4 Å². The van der Waals surface area contributed by atoms with E-state index in [4.69, 9.17) is 9.47 Å². The molecule has 148 valence electrons. The normalized spacial score (nSPS) is 16.6. The second kappa shape index (κ2) is 7.06. The maximum Gasteiger partial charge on any atom is 0.410 e. The van der Waals surface area contributed by atoms with Crippen molar-refractivity contribution in [3.63, 3.8) is 0 Å². The summed E-state index contributed by atoms with van der Waals surface area (Å²) < 4.78 is 11.6. The predicted molar refractivity (Wildman–Crippen MR) is 106 cm³/mol. The summed E-state index contributed by atoms with van der Waals surface area (Å²) in [5, 5.41) is 0.